The lowest BCUT2D eigenvalue weighted by Gasteiger charge is -2.05. The average Bonchev–Trinajstić information content (AvgIpc) is 3.20. The first-order valence-corrected chi connectivity index (χ1v) is 9.72. The van der Waals surface area contributed by atoms with Gasteiger partial charge in [0.2, 0.25) is 5.56 Å². The molecule has 5 heteroatoms. The van der Waals surface area contributed by atoms with Crippen LogP contribution >= 0.6 is 22.9 Å². The van der Waals surface area contributed by atoms with Crippen LogP contribution in [-0.2, 0) is 12.8 Å². The fourth-order valence-electron chi connectivity index (χ4n) is 2.67. The molecule has 3 aromatic rings. The Kier molecular flexibility index (Phi) is 6.58. The molecule has 4 rings (SSSR count). The SMILES string of the molecule is CC.CC.O=c1ccc2c(Cl)c(-c3nc4c(s3)CCC4)ccc2[nH]1. The number of benzene rings is 1. The number of rotatable bonds is 1. The summed E-state index contributed by atoms with van der Waals surface area (Å²) in [5.41, 5.74) is 2.82. The maximum Gasteiger partial charge on any atom is 0.248 e. The predicted octanol–water partition coefficient (Wildman–Crippen LogP) is 5.85. The standard InChI is InChI=1S/C15H11ClN2OS.2C2H6/c16-14-8-5-7-13(19)17-10(8)6-4-9(14)15-18-11-2-1-3-12(11)20-15;2*1-2/h4-7H,1-3H2,(H,17,19);2*1-2H3. The maximum absolute atomic E-state index is 11.3. The molecule has 0 amide bonds. The molecule has 24 heavy (non-hydrogen) atoms. The van der Waals surface area contributed by atoms with E-state index in [2.05, 4.69) is 4.98 Å². The van der Waals surface area contributed by atoms with Crippen LogP contribution in [0.1, 0.15) is 44.7 Å². The highest BCUT2D eigenvalue weighted by molar-refractivity contribution is 7.15. The number of aromatic amines is 1. The number of aromatic nitrogens is 2. The zero-order chi connectivity index (χ0) is 17.7. The summed E-state index contributed by atoms with van der Waals surface area (Å²) in [7, 11) is 0. The number of thiazole rings is 1. The molecule has 0 fully saturated rings. The number of aryl methyl sites for hydroxylation is 2. The summed E-state index contributed by atoms with van der Waals surface area (Å²) in [6.45, 7) is 8.00. The lowest BCUT2D eigenvalue weighted by Crippen LogP contribution is -2.02. The van der Waals surface area contributed by atoms with E-state index in [1.165, 1.54) is 23.1 Å². The Balaban J connectivity index is 0.000000487. The molecular formula is C19H23ClN2OS. The first kappa shape index (κ1) is 18.7. The zero-order valence-corrected chi connectivity index (χ0v) is 16.1. The van der Waals surface area contributed by atoms with Gasteiger partial charge >= 0.3 is 0 Å². The molecule has 0 saturated carbocycles. The van der Waals surface area contributed by atoms with Gasteiger partial charge in [-0.2, -0.15) is 0 Å². The minimum Gasteiger partial charge on any atom is -0.322 e. The number of nitrogens with zero attached hydrogens (tertiary/aromatic N) is 1. The Labute approximate surface area is 151 Å². The van der Waals surface area contributed by atoms with Crippen molar-refractivity contribution in [1.29, 1.82) is 0 Å². The highest BCUT2D eigenvalue weighted by Gasteiger charge is 2.19. The van der Waals surface area contributed by atoms with E-state index in [0.29, 0.717) is 5.02 Å². The number of hydrogen-bond donors (Lipinski definition) is 1. The number of pyridine rings is 1. The number of hydrogen-bond acceptors (Lipinski definition) is 3. The molecule has 3 nitrogen and oxygen atoms in total. The van der Waals surface area contributed by atoms with Gasteiger partial charge in [0.15, 0.2) is 0 Å². The molecule has 1 aliphatic rings. The first-order valence-electron chi connectivity index (χ1n) is 8.53. The Bertz CT molecular complexity index is 861. The second kappa shape index (κ2) is 8.45. The Hall–Kier alpha value is -1.65. The van der Waals surface area contributed by atoms with E-state index < -0.39 is 0 Å². The summed E-state index contributed by atoms with van der Waals surface area (Å²) in [6.07, 6.45) is 3.41. The summed E-state index contributed by atoms with van der Waals surface area (Å²) < 4.78 is 0. The molecule has 0 aliphatic heterocycles. The Morgan fingerprint density at radius 2 is 1.83 bits per heavy atom. The number of halogens is 1. The summed E-state index contributed by atoms with van der Waals surface area (Å²) in [5.74, 6) is 0. The van der Waals surface area contributed by atoms with Gasteiger partial charge in [-0.15, -0.1) is 11.3 Å². The van der Waals surface area contributed by atoms with Crippen molar-refractivity contribution in [1.82, 2.24) is 9.97 Å². The van der Waals surface area contributed by atoms with E-state index in [4.69, 9.17) is 16.6 Å². The predicted molar refractivity (Wildman–Crippen MR) is 105 cm³/mol. The van der Waals surface area contributed by atoms with Crippen LogP contribution < -0.4 is 5.56 Å². The van der Waals surface area contributed by atoms with Crippen molar-refractivity contribution >= 4 is 33.8 Å². The normalized spacial score (nSPS) is 12.0. The second-order valence-corrected chi connectivity index (χ2v) is 6.41. The van der Waals surface area contributed by atoms with Gasteiger partial charge in [-0.25, -0.2) is 4.98 Å². The molecule has 1 N–H and O–H groups in total. The number of H-pyrrole nitrogens is 1. The van der Waals surface area contributed by atoms with Gasteiger partial charge in [0.1, 0.15) is 5.01 Å². The van der Waals surface area contributed by atoms with Gasteiger partial charge in [0.25, 0.3) is 0 Å². The van der Waals surface area contributed by atoms with Crippen molar-refractivity contribution in [2.75, 3.05) is 0 Å². The molecule has 1 aliphatic carbocycles. The van der Waals surface area contributed by atoms with E-state index in [0.717, 1.165) is 34.3 Å². The van der Waals surface area contributed by atoms with Crippen LogP contribution in [0.5, 0.6) is 0 Å². The van der Waals surface area contributed by atoms with Crippen LogP contribution in [0.25, 0.3) is 21.5 Å². The van der Waals surface area contributed by atoms with Crippen molar-refractivity contribution in [3.05, 3.63) is 50.2 Å². The molecule has 0 spiro atoms. The van der Waals surface area contributed by atoms with Gasteiger partial charge in [-0.3, -0.25) is 4.79 Å². The van der Waals surface area contributed by atoms with E-state index in [9.17, 15) is 4.79 Å². The van der Waals surface area contributed by atoms with E-state index in [-0.39, 0.29) is 5.56 Å². The minimum absolute atomic E-state index is 0.116. The smallest absolute Gasteiger partial charge is 0.248 e. The Morgan fingerprint density at radius 1 is 1.08 bits per heavy atom. The van der Waals surface area contributed by atoms with Crippen LogP contribution in [0.3, 0.4) is 0 Å². The molecule has 0 bridgehead atoms. The molecule has 0 saturated heterocycles. The molecular weight excluding hydrogens is 340 g/mol. The monoisotopic (exact) mass is 362 g/mol. The lowest BCUT2D eigenvalue weighted by molar-refractivity contribution is 0.900. The van der Waals surface area contributed by atoms with Crippen LogP contribution in [0, 0.1) is 0 Å². The first-order chi connectivity index (χ1) is 11.7. The molecule has 2 heterocycles. The van der Waals surface area contributed by atoms with Crippen LogP contribution in [0.4, 0.5) is 0 Å². The number of nitrogens with one attached hydrogen (secondary N) is 1. The minimum atomic E-state index is -0.116. The van der Waals surface area contributed by atoms with E-state index in [1.54, 1.807) is 17.4 Å². The van der Waals surface area contributed by atoms with Crippen molar-refractivity contribution < 1.29 is 0 Å². The molecule has 0 radical (unpaired) electrons. The summed E-state index contributed by atoms with van der Waals surface area (Å²) in [6, 6.07) is 7.10. The van der Waals surface area contributed by atoms with Crippen LogP contribution in [0.2, 0.25) is 5.02 Å². The lowest BCUT2D eigenvalue weighted by atomic mass is 10.1. The summed E-state index contributed by atoms with van der Waals surface area (Å²) in [4.78, 5) is 20.2. The maximum atomic E-state index is 11.3. The molecule has 0 atom stereocenters. The van der Waals surface area contributed by atoms with E-state index >= 15 is 0 Å². The third-order valence-electron chi connectivity index (χ3n) is 3.67. The average molecular weight is 363 g/mol. The van der Waals surface area contributed by atoms with Crippen molar-refractivity contribution in [3.8, 4) is 10.6 Å². The molecule has 128 valence electrons. The van der Waals surface area contributed by atoms with E-state index in [1.807, 2.05) is 39.8 Å². The third kappa shape index (κ3) is 3.55. The third-order valence-corrected chi connectivity index (χ3v) is 5.26. The van der Waals surface area contributed by atoms with Gasteiger partial charge in [0.05, 0.1) is 10.7 Å². The van der Waals surface area contributed by atoms with Crippen LogP contribution in [-0.4, -0.2) is 9.97 Å². The highest BCUT2D eigenvalue weighted by Crippen LogP contribution is 2.38. The Morgan fingerprint density at radius 3 is 2.54 bits per heavy atom. The van der Waals surface area contributed by atoms with Crippen molar-refractivity contribution in [3.63, 3.8) is 0 Å². The summed E-state index contributed by atoms with van der Waals surface area (Å²) in [5, 5.41) is 2.50. The summed E-state index contributed by atoms with van der Waals surface area (Å²) >= 11 is 8.23. The van der Waals surface area contributed by atoms with Gasteiger partial charge < -0.3 is 4.98 Å². The largest absolute Gasteiger partial charge is 0.322 e. The van der Waals surface area contributed by atoms with Crippen molar-refractivity contribution in [2.24, 2.45) is 0 Å². The fourth-order valence-corrected chi connectivity index (χ4v) is 4.22. The quantitative estimate of drug-likeness (QED) is 0.590. The fraction of sp³-hybridized carbons (Fsp3) is 0.368. The number of fused-ring (bicyclic) bond motifs is 2. The van der Waals surface area contributed by atoms with Gasteiger partial charge in [-0.1, -0.05) is 39.3 Å². The highest BCUT2D eigenvalue weighted by atomic mass is 35.5. The second-order valence-electron chi connectivity index (χ2n) is 4.95. The van der Waals surface area contributed by atoms with Crippen molar-refractivity contribution in [2.45, 2.75) is 47.0 Å². The van der Waals surface area contributed by atoms with Crippen LogP contribution in [0.15, 0.2) is 29.1 Å². The zero-order valence-electron chi connectivity index (χ0n) is 14.6. The van der Waals surface area contributed by atoms with Gasteiger partial charge in [-0.05, 0) is 37.5 Å². The van der Waals surface area contributed by atoms with Gasteiger partial charge in [0, 0.05) is 27.4 Å². The molecule has 2 aromatic heterocycles. The topological polar surface area (TPSA) is 45.8 Å². The molecule has 0 unspecified atom stereocenters. The molecule has 1 aromatic carbocycles.